The van der Waals surface area contributed by atoms with Crippen molar-refractivity contribution in [2.24, 2.45) is 0 Å². The molecule has 0 aliphatic carbocycles. The zero-order valence-electron chi connectivity index (χ0n) is 6.48. The van der Waals surface area contributed by atoms with Gasteiger partial charge >= 0.3 is 0 Å². The van der Waals surface area contributed by atoms with Gasteiger partial charge in [0.15, 0.2) is 0 Å². The largest absolute Gasteiger partial charge is 0.390 e. The summed E-state index contributed by atoms with van der Waals surface area (Å²) in [4.78, 5) is 3.92. The predicted octanol–water partition coefficient (Wildman–Crippen LogP) is 0.731. The average Bonchev–Trinajstić information content (AvgIpc) is 2.37. The van der Waals surface area contributed by atoms with Gasteiger partial charge < -0.3 is 10.2 Å². The molecule has 11 heavy (non-hydrogen) atoms. The van der Waals surface area contributed by atoms with Crippen molar-refractivity contribution in [1.82, 2.24) is 4.98 Å². The van der Waals surface area contributed by atoms with Crippen molar-refractivity contribution < 1.29 is 10.2 Å². The molecule has 0 fully saturated rings. The molecule has 1 aromatic rings. The molecular weight excluding hydrogens is 162 g/mol. The van der Waals surface area contributed by atoms with Crippen LogP contribution < -0.4 is 0 Å². The molecule has 62 valence electrons. The fraction of sp³-hybridized carbons (Fsp3) is 0.571. The number of nitrogens with zero attached hydrogens (tertiary/aromatic N) is 1. The van der Waals surface area contributed by atoms with Gasteiger partial charge in [-0.15, -0.1) is 11.3 Å². The molecule has 0 bridgehead atoms. The van der Waals surface area contributed by atoms with Gasteiger partial charge in [-0.2, -0.15) is 0 Å². The highest BCUT2D eigenvalue weighted by Gasteiger charge is 2.31. The van der Waals surface area contributed by atoms with E-state index in [-0.39, 0.29) is 0 Å². The van der Waals surface area contributed by atoms with E-state index >= 15 is 0 Å². The molecule has 0 radical (unpaired) electrons. The fourth-order valence-corrected chi connectivity index (χ4v) is 1.43. The van der Waals surface area contributed by atoms with Crippen molar-refractivity contribution >= 4 is 11.3 Å². The van der Waals surface area contributed by atoms with Gasteiger partial charge in [0, 0.05) is 11.6 Å². The highest BCUT2D eigenvalue weighted by atomic mass is 32.1. The first-order chi connectivity index (χ1) is 5.05. The van der Waals surface area contributed by atoms with Crippen LogP contribution in [0.3, 0.4) is 0 Å². The van der Waals surface area contributed by atoms with Gasteiger partial charge in [-0.1, -0.05) is 0 Å². The summed E-state index contributed by atoms with van der Waals surface area (Å²) in [6.45, 7) is 3.10. The molecule has 0 aliphatic rings. The van der Waals surface area contributed by atoms with E-state index in [4.69, 9.17) is 5.11 Å². The van der Waals surface area contributed by atoms with Crippen LogP contribution in [-0.4, -0.2) is 21.3 Å². The molecule has 1 aromatic heterocycles. The smallest absolute Gasteiger partial charge is 0.139 e. The number of thiazole rings is 1. The lowest BCUT2D eigenvalue weighted by atomic mass is 10.0. The summed E-state index contributed by atoms with van der Waals surface area (Å²) in [5.74, 6) is 0. The quantitative estimate of drug-likeness (QED) is 0.693. The first-order valence-corrected chi connectivity index (χ1v) is 4.23. The second-order valence-corrected chi connectivity index (χ2v) is 3.56. The summed E-state index contributed by atoms with van der Waals surface area (Å²) in [7, 11) is 0. The number of aromatic nitrogens is 1. The van der Waals surface area contributed by atoms with Crippen LogP contribution in [0.4, 0.5) is 0 Å². The minimum atomic E-state index is -1.21. The van der Waals surface area contributed by atoms with Gasteiger partial charge in [0.05, 0.1) is 6.10 Å². The second-order valence-electron chi connectivity index (χ2n) is 2.66. The maximum atomic E-state index is 9.65. The monoisotopic (exact) mass is 173 g/mol. The first-order valence-electron chi connectivity index (χ1n) is 3.35. The molecule has 2 atom stereocenters. The van der Waals surface area contributed by atoms with E-state index in [0.717, 1.165) is 0 Å². The van der Waals surface area contributed by atoms with Crippen LogP contribution in [0.25, 0.3) is 0 Å². The van der Waals surface area contributed by atoms with Gasteiger partial charge in [0.1, 0.15) is 10.6 Å². The Kier molecular flexibility index (Phi) is 2.27. The molecule has 0 saturated heterocycles. The molecule has 2 N–H and O–H groups in total. The lowest BCUT2D eigenvalue weighted by Crippen LogP contribution is -2.33. The van der Waals surface area contributed by atoms with E-state index in [1.165, 1.54) is 11.3 Å². The number of rotatable bonds is 2. The van der Waals surface area contributed by atoms with Crippen LogP contribution in [0.15, 0.2) is 11.6 Å². The molecular formula is C7H11NO2S. The average molecular weight is 173 g/mol. The first kappa shape index (κ1) is 8.64. The lowest BCUT2D eigenvalue weighted by molar-refractivity contribution is -0.0570. The van der Waals surface area contributed by atoms with Crippen LogP contribution in [0.5, 0.6) is 0 Å². The normalized spacial score (nSPS) is 19.3. The highest BCUT2D eigenvalue weighted by molar-refractivity contribution is 7.09. The zero-order chi connectivity index (χ0) is 8.48. The zero-order valence-corrected chi connectivity index (χ0v) is 7.30. The highest BCUT2D eigenvalue weighted by Crippen LogP contribution is 2.25. The maximum absolute atomic E-state index is 9.65. The third-order valence-corrected chi connectivity index (χ3v) is 2.68. The van der Waals surface area contributed by atoms with Crippen molar-refractivity contribution in [3.8, 4) is 0 Å². The van der Waals surface area contributed by atoms with E-state index in [2.05, 4.69) is 4.98 Å². The third kappa shape index (κ3) is 1.58. The summed E-state index contributed by atoms with van der Waals surface area (Å²) >= 11 is 1.34. The van der Waals surface area contributed by atoms with Crippen LogP contribution >= 0.6 is 11.3 Å². The van der Waals surface area contributed by atoms with Gasteiger partial charge in [-0.05, 0) is 13.8 Å². The Labute approximate surface area is 69.3 Å². The topological polar surface area (TPSA) is 53.4 Å². The standard InChI is InChI=1S/C7H11NO2S/c1-5(9)7(2,10)6-8-3-4-11-6/h3-5,9-10H,1-2H3. The van der Waals surface area contributed by atoms with Crippen molar-refractivity contribution in [1.29, 1.82) is 0 Å². The Bertz CT molecular complexity index is 218. The summed E-state index contributed by atoms with van der Waals surface area (Å²) in [6, 6.07) is 0. The minimum Gasteiger partial charge on any atom is -0.390 e. The Balaban J connectivity index is 2.90. The Morgan fingerprint density at radius 2 is 2.36 bits per heavy atom. The van der Waals surface area contributed by atoms with Crippen molar-refractivity contribution in [2.45, 2.75) is 25.6 Å². The molecule has 0 amide bonds. The third-order valence-electron chi connectivity index (χ3n) is 1.68. The van der Waals surface area contributed by atoms with Crippen LogP contribution in [0, 0.1) is 0 Å². The Hall–Kier alpha value is -0.450. The number of aliphatic hydroxyl groups is 2. The van der Waals surface area contributed by atoms with Gasteiger partial charge in [-0.25, -0.2) is 4.98 Å². The van der Waals surface area contributed by atoms with E-state index in [9.17, 15) is 5.11 Å². The number of hydrogen-bond acceptors (Lipinski definition) is 4. The number of aliphatic hydroxyl groups excluding tert-OH is 1. The predicted molar refractivity (Wildman–Crippen MR) is 43.4 cm³/mol. The molecule has 4 heteroatoms. The minimum absolute atomic E-state index is 0.549. The summed E-state index contributed by atoms with van der Waals surface area (Å²) < 4.78 is 0. The Morgan fingerprint density at radius 3 is 2.73 bits per heavy atom. The van der Waals surface area contributed by atoms with Gasteiger partial charge in [0.2, 0.25) is 0 Å². The van der Waals surface area contributed by atoms with E-state index in [0.29, 0.717) is 5.01 Å². The summed E-state index contributed by atoms with van der Waals surface area (Å²) in [6.07, 6.45) is 0.810. The van der Waals surface area contributed by atoms with Crippen LogP contribution in [0.1, 0.15) is 18.9 Å². The molecule has 0 aromatic carbocycles. The molecule has 2 unspecified atom stereocenters. The lowest BCUT2D eigenvalue weighted by Gasteiger charge is -2.23. The molecule has 0 saturated carbocycles. The van der Waals surface area contributed by atoms with Crippen LogP contribution in [0.2, 0.25) is 0 Å². The maximum Gasteiger partial charge on any atom is 0.139 e. The molecule has 1 rings (SSSR count). The van der Waals surface area contributed by atoms with Gasteiger partial charge in [0.25, 0.3) is 0 Å². The van der Waals surface area contributed by atoms with Crippen molar-refractivity contribution in [2.75, 3.05) is 0 Å². The molecule has 0 spiro atoms. The molecule has 0 aliphatic heterocycles. The van der Waals surface area contributed by atoms with Crippen LogP contribution in [-0.2, 0) is 5.60 Å². The Morgan fingerprint density at radius 1 is 1.73 bits per heavy atom. The fourth-order valence-electron chi connectivity index (χ4n) is 0.652. The van der Waals surface area contributed by atoms with Crippen molar-refractivity contribution in [3.63, 3.8) is 0 Å². The molecule has 3 nitrogen and oxygen atoms in total. The van der Waals surface area contributed by atoms with Crippen molar-refractivity contribution in [3.05, 3.63) is 16.6 Å². The molecule has 1 heterocycles. The number of hydrogen-bond donors (Lipinski definition) is 2. The van der Waals surface area contributed by atoms with Gasteiger partial charge in [-0.3, -0.25) is 0 Å². The van der Waals surface area contributed by atoms with E-state index < -0.39 is 11.7 Å². The van der Waals surface area contributed by atoms with E-state index in [1.807, 2.05) is 0 Å². The SMILES string of the molecule is CC(O)C(C)(O)c1nccs1. The second kappa shape index (κ2) is 2.89. The summed E-state index contributed by atoms with van der Waals surface area (Å²) in [5.41, 5.74) is -1.21. The summed E-state index contributed by atoms with van der Waals surface area (Å²) in [5, 5.41) is 21.1. The van der Waals surface area contributed by atoms with E-state index in [1.54, 1.807) is 25.4 Å².